The molecule has 0 spiro atoms. The third-order valence-electron chi connectivity index (χ3n) is 5.60. The van der Waals surface area contributed by atoms with Gasteiger partial charge in [0, 0.05) is 27.7 Å². The second kappa shape index (κ2) is 7.05. The molecule has 0 aliphatic carbocycles. The van der Waals surface area contributed by atoms with Crippen LogP contribution in [0.25, 0.3) is 22.2 Å². The summed E-state index contributed by atoms with van der Waals surface area (Å²) < 4.78 is 30.6. The van der Waals surface area contributed by atoms with Crippen LogP contribution >= 0.6 is 15.9 Å². The zero-order valence-corrected chi connectivity index (χ0v) is 20.2. The van der Waals surface area contributed by atoms with E-state index in [-0.39, 0.29) is 16.0 Å². The van der Waals surface area contributed by atoms with E-state index in [1.807, 2.05) is 26.8 Å². The van der Waals surface area contributed by atoms with Gasteiger partial charge in [0.2, 0.25) is 5.95 Å². The number of anilines is 1. The van der Waals surface area contributed by atoms with Gasteiger partial charge in [0.15, 0.2) is 0 Å². The van der Waals surface area contributed by atoms with Crippen LogP contribution in [0.15, 0.2) is 68.9 Å². The summed E-state index contributed by atoms with van der Waals surface area (Å²) in [5.74, 6) is 0.481. The summed E-state index contributed by atoms with van der Waals surface area (Å²) in [6.07, 6.45) is 1.55. The van der Waals surface area contributed by atoms with Crippen molar-refractivity contribution in [1.29, 1.82) is 0 Å². The van der Waals surface area contributed by atoms with Gasteiger partial charge in [-0.2, -0.15) is 0 Å². The van der Waals surface area contributed by atoms with Crippen molar-refractivity contribution >= 4 is 42.8 Å². The minimum absolute atomic E-state index is 0.180. The first kappa shape index (κ1) is 21.0. The molecule has 0 bridgehead atoms. The molecule has 0 radical (unpaired) electrons. The Morgan fingerprint density at radius 2 is 1.81 bits per heavy atom. The maximum Gasteiger partial charge on any atom is 0.268 e. The molecule has 1 aliphatic heterocycles. The number of benzene rings is 2. The molecule has 1 aliphatic rings. The molecule has 2 aromatic heterocycles. The Balaban J connectivity index is 1.75. The van der Waals surface area contributed by atoms with Crippen LogP contribution in [-0.4, -0.2) is 27.5 Å². The molecule has 0 amide bonds. The lowest BCUT2D eigenvalue weighted by molar-refractivity contribution is 0.517. The average molecular weight is 513 g/mol. The highest BCUT2D eigenvalue weighted by Gasteiger charge is 2.30. The van der Waals surface area contributed by atoms with Crippen molar-refractivity contribution in [2.24, 2.45) is 0 Å². The highest BCUT2D eigenvalue weighted by molar-refractivity contribution is 9.10. The molecule has 164 valence electrons. The fourth-order valence-electron chi connectivity index (χ4n) is 4.03. The van der Waals surface area contributed by atoms with Crippen LogP contribution in [0, 0.1) is 6.92 Å². The Hall–Kier alpha value is -2.91. The Bertz CT molecular complexity index is 1550. The van der Waals surface area contributed by atoms with E-state index in [0.29, 0.717) is 34.7 Å². The number of nitrogens with zero attached hydrogens (tertiary/aromatic N) is 3. The number of fused-ring (bicyclic) bond motifs is 2. The number of aromatic nitrogens is 3. The van der Waals surface area contributed by atoms with Crippen molar-refractivity contribution in [2.75, 3.05) is 5.32 Å². The van der Waals surface area contributed by atoms with E-state index in [1.165, 1.54) is 10.0 Å². The summed E-state index contributed by atoms with van der Waals surface area (Å²) in [5, 5.41) is 3.95. The molecular weight excluding hydrogens is 492 g/mol. The maximum absolute atomic E-state index is 13.5. The van der Waals surface area contributed by atoms with Crippen LogP contribution in [0.1, 0.15) is 19.4 Å². The zero-order chi connectivity index (χ0) is 22.8. The van der Waals surface area contributed by atoms with Gasteiger partial charge in [-0.15, -0.1) is 0 Å². The molecule has 0 unspecified atom stereocenters. The summed E-state index contributed by atoms with van der Waals surface area (Å²) in [7, 11) is -3.85. The molecule has 0 saturated carbocycles. The second-order valence-corrected chi connectivity index (χ2v) is 11.4. The molecule has 9 heteroatoms. The Morgan fingerprint density at radius 1 is 1.09 bits per heavy atom. The zero-order valence-electron chi connectivity index (χ0n) is 17.8. The van der Waals surface area contributed by atoms with Crippen molar-refractivity contribution in [3.8, 4) is 11.3 Å². The third kappa shape index (κ3) is 3.36. The van der Waals surface area contributed by atoms with Crippen molar-refractivity contribution < 1.29 is 8.42 Å². The van der Waals surface area contributed by atoms with Crippen molar-refractivity contribution in [3.63, 3.8) is 0 Å². The Labute approximate surface area is 193 Å². The monoisotopic (exact) mass is 512 g/mol. The van der Waals surface area contributed by atoms with Crippen LogP contribution in [-0.2, 0) is 16.6 Å². The minimum atomic E-state index is -3.85. The van der Waals surface area contributed by atoms with Gasteiger partial charge >= 0.3 is 0 Å². The summed E-state index contributed by atoms with van der Waals surface area (Å²) in [4.78, 5) is 17.7. The molecule has 2 aromatic carbocycles. The normalized spacial score (nSPS) is 15.0. The summed E-state index contributed by atoms with van der Waals surface area (Å²) in [6.45, 7) is 6.42. The number of hydrogen-bond donors (Lipinski definition) is 1. The van der Waals surface area contributed by atoms with E-state index in [9.17, 15) is 13.2 Å². The number of nitrogens with one attached hydrogen (secondary N) is 1. The lowest BCUT2D eigenvalue weighted by Crippen LogP contribution is -2.29. The van der Waals surface area contributed by atoms with Gasteiger partial charge < -0.3 is 5.32 Å². The predicted molar refractivity (Wildman–Crippen MR) is 129 cm³/mol. The molecule has 1 N–H and O–H groups in total. The molecule has 3 heterocycles. The molecule has 0 saturated heterocycles. The Morgan fingerprint density at radius 3 is 2.53 bits per heavy atom. The van der Waals surface area contributed by atoms with Crippen molar-refractivity contribution in [2.45, 2.75) is 37.8 Å². The Kier molecular flexibility index (Phi) is 4.62. The van der Waals surface area contributed by atoms with Gasteiger partial charge in [0.05, 0.1) is 28.2 Å². The standard InChI is InChI=1S/C23H21BrN4O3S/c1-14-4-7-16(8-5-14)32(30,31)28-12-18(17-10-15(24)6-9-20(17)28)19-11-21(29)27-13-23(2,3)26-22(27)25-19/h4-12H,13H2,1-3H3,(H,25,26). The van der Waals surface area contributed by atoms with E-state index in [1.54, 1.807) is 47.2 Å². The van der Waals surface area contributed by atoms with E-state index >= 15 is 0 Å². The first-order valence-corrected chi connectivity index (χ1v) is 12.3. The summed E-state index contributed by atoms with van der Waals surface area (Å²) >= 11 is 3.47. The third-order valence-corrected chi connectivity index (χ3v) is 7.78. The van der Waals surface area contributed by atoms with Gasteiger partial charge in [-0.25, -0.2) is 17.4 Å². The SMILES string of the molecule is Cc1ccc(S(=O)(=O)n2cc(-c3cc(=O)n4c(n3)NC(C)(C)C4)c3cc(Br)ccc32)cc1. The molecular formula is C23H21BrN4O3S. The van der Waals surface area contributed by atoms with Crippen LogP contribution in [0.4, 0.5) is 5.95 Å². The minimum Gasteiger partial charge on any atom is -0.349 e. The smallest absolute Gasteiger partial charge is 0.268 e. The van der Waals surface area contributed by atoms with Crippen LogP contribution < -0.4 is 10.9 Å². The van der Waals surface area contributed by atoms with Crippen LogP contribution in [0.2, 0.25) is 0 Å². The van der Waals surface area contributed by atoms with E-state index in [4.69, 9.17) is 0 Å². The molecule has 32 heavy (non-hydrogen) atoms. The predicted octanol–water partition coefficient (Wildman–Crippen LogP) is 4.38. The highest BCUT2D eigenvalue weighted by atomic mass is 79.9. The molecule has 7 nitrogen and oxygen atoms in total. The molecule has 5 rings (SSSR count). The maximum atomic E-state index is 13.5. The first-order chi connectivity index (χ1) is 15.0. The number of hydrogen-bond acceptors (Lipinski definition) is 5. The van der Waals surface area contributed by atoms with Gasteiger partial charge in [0.1, 0.15) is 0 Å². The largest absolute Gasteiger partial charge is 0.349 e. The molecule has 0 atom stereocenters. The lowest BCUT2D eigenvalue weighted by atomic mass is 10.1. The molecule has 0 fully saturated rings. The van der Waals surface area contributed by atoms with Gasteiger partial charge in [-0.1, -0.05) is 33.6 Å². The van der Waals surface area contributed by atoms with E-state index in [0.717, 1.165) is 10.0 Å². The summed E-state index contributed by atoms with van der Waals surface area (Å²) in [6, 6.07) is 13.6. The van der Waals surface area contributed by atoms with Crippen LogP contribution in [0.3, 0.4) is 0 Å². The van der Waals surface area contributed by atoms with Gasteiger partial charge in [-0.3, -0.25) is 9.36 Å². The fraction of sp³-hybridized carbons (Fsp3) is 0.217. The fourth-order valence-corrected chi connectivity index (χ4v) is 5.76. The van der Waals surface area contributed by atoms with Crippen molar-refractivity contribution in [1.82, 2.24) is 13.5 Å². The quantitative estimate of drug-likeness (QED) is 0.440. The number of halogens is 1. The average Bonchev–Trinajstić information content (AvgIpc) is 3.25. The topological polar surface area (TPSA) is 86.0 Å². The number of rotatable bonds is 3. The molecule has 4 aromatic rings. The van der Waals surface area contributed by atoms with E-state index < -0.39 is 10.0 Å². The first-order valence-electron chi connectivity index (χ1n) is 10.1. The van der Waals surface area contributed by atoms with Crippen LogP contribution in [0.5, 0.6) is 0 Å². The second-order valence-electron chi connectivity index (χ2n) is 8.72. The van der Waals surface area contributed by atoms with E-state index in [2.05, 4.69) is 26.2 Å². The van der Waals surface area contributed by atoms with Gasteiger partial charge in [-0.05, 0) is 51.1 Å². The highest BCUT2D eigenvalue weighted by Crippen LogP contribution is 2.35. The summed E-state index contributed by atoms with van der Waals surface area (Å²) in [5.41, 5.74) is 2.02. The van der Waals surface area contributed by atoms with Gasteiger partial charge in [0.25, 0.3) is 15.6 Å². The van der Waals surface area contributed by atoms with Crippen molar-refractivity contribution in [3.05, 3.63) is 75.1 Å². The lowest BCUT2D eigenvalue weighted by Gasteiger charge is -2.15. The number of aryl methyl sites for hydroxylation is 1.